The Labute approximate surface area is 115 Å². The first-order valence-corrected chi connectivity index (χ1v) is 7.72. The molecule has 2 rings (SSSR count). The van der Waals surface area contributed by atoms with Gasteiger partial charge in [0.15, 0.2) is 0 Å². The third-order valence-corrected chi connectivity index (χ3v) is 4.51. The maximum absolute atomic E-state index is 12.0. The molecule has 0 aromatic carbocycles. The van der Waals surface area contributed by atoms with Crippen LogP contribution in [0.4, 0.5) is 5.95 Å². The summed E-state index contributed by atoms with van der Waals surface area (Å²) in [6, 6.07) is 0. The second-order valence-electron chi connectivity index (χ2n) is 3.68. The number of thiazole rings is 1. The van der Waals surface area contributed by atoms with E-state index in [1.807, 2.05) is 6.92 Å². The van der Waals surface area contributed by atoms with Crippen LogP contribution in [0.25, 0.3) is 0 Å². The van der Waals surface area contributed by atoms with Gasteiger partial charge in [0.1, 0.15) is 9.90 Å². The van der Waals surface area contributed by atoms with E-state index in [-0.39, 0.29) is 11.4 Å². The summed E-state index contributed by atoms with van der Waals surface area (Å²) in [4.78, 5) is 12.9. The lowest BCUT2D eigenvalue weighted by molar-refractivity contribution is 0.580. The number of nitrogens with one attached hydrogen (secondary N) is 2. The van der Waals surface area contributed by atoms with E-state index in [1.54, 1.807) is 13.2 Å². The SMILES string of the molecule is CNc1ncc(S(=O)(=O)NCc2ncc(C)s2)cn1. The summed E-state index contributed by atoms with van der Waals surface area (Å²) in [7, 11) is -1.95. The number of hydrogen-bond donors (Lipinski definition) is 2. The Hall–Kier alpha value is -1.58. The van der Waals surface area contributed by atoms with Crippen LogP contribution in [0.2, 0.25) is 0 Å². The molecule has 0 unspecified atom stereocenters. The molecule has 0 aliphatic carbocycles. The van der Waals surface area contributed by atoms with Crippen molar-refractivity contribution in [3.05, 3.63) is 28.5 Å². The van der Waals surface area contributed by atoms with Crippen LogP contribution in [0.3, 0.4) is 0 Å². The maximum Gasteiger partial charge on any atom is 0.244 e. The van der Waals surface area contributed by atoms with Crippen LogP contribution in [0, 0.1) is 6.92 Å². The highest BCUT2D eigenvalue weighted by molar-refractivity contribution is 7.89. The fourth-order valence-electron chi connectivity index (χ4n) is 1.31. The zero-order chi connectivity index (χ0) is 13.9. The van der Waals surface area contributed by atoms with Gasteiger partial charge in [-0.15, -0.1) is 11.3 Å². The lowest BCUT2D eigenvalue weighted by atomic mass is 10.6. The van der Waals surface area contributed by atoms with Gasteiger partial charge < -0.3 is 5.32 Å². The Morgan fingerprint density at radius 2 is 1.89 bits per heavy atom. The van der Waals surface area contributed by atoms with Gasteiger partial charge in [-0.3, -0.25) is 0 Å². The van der Waals surface area contributed by atoms with E-state index in [9.17, 15) is 8.42 Å². The number of rotatable bonds is 5. The topological polar surface area (TPSA) is 96.9 Å². The van der Waals surface area contributed by atoms with Gasteiger partial charge in [-0.2, -0.15) is 0 Å². The summed E-state index contributed by atoms with van der Waals surface area (Å²) in [6.07, 6.45) is 4.22. The van der Waals surface area contributed by atoms with E-state index < -0.39 is 10.0 Å². The molecule has 0 saturated carbocycles. The number of aryl methyl sites for hydroxylation is 1. The molecule has 102 valence electrons. The van der Waals surface area contributed by atoms with Crippen molar-refractivity contribution < 1.29 is 8.42 Å². The van der Waals surface area contributed by atoms with E-state index in [0.717, 1.165) is 4.88 Å². The van der Waals surface area contributed by atoms with Crippen molar-refractivity contribution in [3.8, 4) is 0 Å². The van der Waals surface area contributed by atoms with Gasteiger partial charge in [-0.1, -0.05) is 0 Å². The minimum absolute atomic E-state index is 0.0276. The smallest absolute Gasteiger partial charge is 0.244 e. The standard InChI is InChI=1S/C10H13N5O2S2/c1-7-3-12-9(18-7)6-15-19(16,17)8-4-13-10(11-2)14-5-8/h3-5,15H,6H2,1-2H3,(H,11,13,14). The lowest BCUT2D eigenvalue weighted by Gasteiger charge is -2.05. The van der Waals surface area contributed by atoms with Crippen LogP contribution in [-0.4, -0.2) is 30.4 Å². The van der Waals surface area contributed by atoms with Crippen LogP contribution in [0.5, 0.6) is 0 Å². The average Bonchev–Trinajstić information content (AvgIpc) is 2.82. The summed E-state index contributed by atoms with van der Waals surface area (Å²) in [5.74, 6) is 0.370. The molecule has 7 nitrogen and oxygen atoms in total. The molecule has 9 heteroatoms. The fourth-order valence-corrected chi connectivity index (χ4v) is 3.00. The predicted molar refractivity (Wildman–Crippen MR) is 72.5 cm³/mol. The summed E-state index contributed by atoms with van der Waals surface area (Å²) < 4.78 is 26.4. The molecule has 2 heterocycles. The number of aromatic nitrogens is 3. The summed E-state index contributed by atoms with van der Waals surface area (Å²) in [5.41, 5.74) is 0. The molecule has 2 aromatic heterocycles. The summed E-state index contributed by atoms with van der Waals surface area (Å²) in [6.45, 7) is 2.08. The minimum atomic E-state index is -3.61. The van der Waals surface area contributed by atoms with Crippen molar-refractivity contribution in [2.75, 3.05) is 12.4 Å². The predicted octanol–water partition coefficient (Wildman–Crippen LogP) is 0.762. The molecule has 19 heavy (non-hydrogen) atoms. The molecule has 0 aliphatic heterocycles. The second kappa shape index (κ2) is 5.59. The van der Waals surface area contributed by atoms with Gasteiger partial charge in [-0.05, 0) is 6.92 Å². The Kier molecular flexibility index (Phi) is 4.08. The molecule has 0 fully saturated rings. The van der Waals surface area contributed by atoms with Crippen LogP contribution in [-0.2, 0) is 16.6 Å². The van der Waals surface area contributed by atoms with Crippen LogP contribution in [0.15, 0.2) is 23.5 Å². The number of sulfonamides is 1. The van der Waals surface area contributed by atoms with Crippen LogP contribution < -0.4 is 10.0 Å². The van der Waals surface area contributed by atoms with Gasteiger partial charge in [0.05, 0.1) is 18.9 Å². The minimum Gasteiger partial charge on any atom is -0.357 e. The molecule has 2 aromatic rings. The van der Waals surface area contributed by atoms with Crippen LogP contribution in [0.1, 0.15) is 9.88 Å². The van der Waals surface area contributed by atoms with Gasteiger partial charge in [-0.25, -0.2) is 28.1 Å². The molecule has 0 radical (unpaired) electrons. The second-order valence-corrected chi connectivity index (χ2v) is 6.77. The first kappa shape index (κ1) is 13.8. The van der Waals surface area contributed by atoms with E-state index in [1.165, 1.54) is 23.7 Å². The van der Waals surface area contributed by atoms with Crippen LogP contribution >= 0.6 is 11.3 Å². The van der Waals surface area contributed by atoms with Gasteiger partial charge in [0, 0.05) is 18.1 Å². The first-order valence-electron chi connectivity index (χ1n) is 5.42. The van der Waals surface area contributed by atoms with E-state index in [0.29, 0.717) is 11.0 Å². The Morgan fingerprint density at radius 3 is 2.42 bits per heavy atom. The molecule has 0 spiro atoms. The molecular weight excluding hydrogens is 286 g/mol. The zero-order valence-electron chi connectivity index (χ0n) is 10.4. The van der Waals surface area contributed by atoms with Crippen molar-refractivity contribution in [1.29, 1.82) is 0 Å². The highest BCUT2D eigenvalue weighted by atomic mass is 32.2. The molecular formula is C10H13N5O2S2. The normalized spacial score (nSPS) is 11.5. The van der Waals surface area contributed by atoms with E-state index in [2.05, 4.69) is 25.0 Å². The highest BCUT2D eigenvalue weighted by Gasteiger charge is 2.15. The molecule has 0 atom stereocenters. The third kappa shape index (κ3) is 3.46. The molecule has 0 saturated heterocycles. The molecule has 0 aliphatic rings. The van der Waals surface area contributed by atoms with E-state index >= 15 is 0 Å². The van der Waals surface area contributed by atoms with Gasteiger partial charge in [0.25, 0.3) is 0 Å². The largest absolute Gasteiger partial charge is 0.357 e. The third-order valence-electron chi connectivity index (χ3n) is 2.24. The maximum atomic E-state index is 12.0. The van der Waals surface area contributed by atoms with Crippen molar-refractivity contribution in [2.24, 2.45) is 0 Å². The van der Waals surface area contributed by atoms with Crippen molar-refractivity contribution in [1.82, 2.24) is 19.7 Å². The lowest BCUT2D eigenvalue weighted by Crippen LogP contribution is -2.23. The Morgan fingerprint density at radius 1 is 1.21 bits per heavy atom. The zero-order valence-corrected chi connectivity index (χ0v) is 12.0. The number of nitrogens with zero attached hydrogens (tertiary/aromatic N) is 3. The first-order chi connectivity index (χ1) is 9.01. The van der Waals surface area contributed by atoms with Crippen molar-refractivity contribution in [2.45, 2.75) is 18.4 Å². The fraction of sp³-hybridized carbons (Fsp3) is 0.300. The number of anilines is 1. The van der Waals surface area contributed by atoms with E-state index in [4.69, 9.17) is 0 Å². The van der Waals surface area contributed by atoms with Crippen molar-refractivity contribution in [3.63, 3.8) is 0 Å². The quantitative estimate of drug-likeness (QED) is 0.846. The molecule has 0 amide bonds. The number of hydrogen-bond acceptors (Lipinski definition) is 7. The average molecular weight is 299 g/mol. The summed E-state index contributed by atoms with van der Waals surface area (Å²) in [5, 5.41) is 3.44. The van der Waals surface area contributed by atoms with Crippen molar-refractivity contribution >= 4 is 27.3 Å². The van der Waals surface area contributed by atoms with Gasteiger partial charge in [0.2, 0.25) is 16.0 Å². The monoisotopic (exact) mass is 299 g/mol. The molecule has 0 bridgehead atoms. The highest BCUT2D eigenvalue weighted by Crippen LogP contribution is 2.12. The summed E-state index contributed by atoms with van der Waals surface area (Å²) >= 11 is 1.45. The molecule has 2 N–H and O–H groups in total. The van der Waals surface area contributed by atoms with Gasteiger partial charge >= 0.3 is 0 Å². The Balaban J connectivity index is 2.09. The Bertz CT molecular complexity index is 651.